The molecule has 0 aliphatic rings. The van der Waals surface area contributed by atoms with Crippen molar-refractivity contribution in [2.24, 2.45) is 0 Å². The molecular formula is C18H13FN4OS. The van der Waals surface area contributed by atoms with Crippen LogP contribution in [0.1, 0.15) is 5.89 Å². The molecule has 2 heterocycles. The van der Waals surface area contributed by atoms with Crippen LogP contribution in [0.5, 0.6) is 0 Å². The normalized spacial score (nSPS) is 10.9. The van der Waals surface area contributed by atoms with Crippen LogP contribution in [0.3, 0.4) is 0 Å². The van der Waals surface area contributed by atoms with Crippen molar-refractivity contribution in [3.63, 3.8) is 0 Å². The summed E-state index contributed by atoms with van der Waals surface area (Å²) >= 11 is 1.46. The molecule has 0 amide bonds. The van der Waals surface area contributed by atoms with Crippen LogP contribution >= 0.6 is 11.8 Å². The number of aromatic nitrogens is 4. The van der Waals surface area contributed by atoms with Crippen LogP contribution in [0.15, 0.2) is 70.4 Å². The standard InChI is InChI=1S/C18H13FN4OS/c19-14-8-6-12(7-9-14)15-10-20-18(21-15)25-11-16-22-23-17(24-16)13-4-2-1-3-5-13/h1-10H,11H2,(H,20,21). The predicted octanol–water partition coefficient (Wildman–Crippen LogP) is 4.56. The van der Waals surface area contributed by atoms with E-state index in [1.807, 2.05) is 30.3 Å². The number of hydrogen-bond acceptors (Lipinski definition) is 5. The molecule has 25 heavy (non-hydrogen) atoms. The number of aromatic amines is 1. The first-order valence-electron chi connectivity index (χ1n) is 7.59. The van der Waals surface area contributed by atoms with Crippen LogP contribution in [0, 0.1) is 5.82 Å². The Hall–Kier alpha value is -2.93. The summed E-state index contributed by atoms with van der Waals surface area (Å²) in [6.07, 6.45) is 1.72. The minimum atomic E-state index is -0.261. The SMILES string of the molecule is Fc1ccc(-c2cnc(SCc3nnc(-c4ccccc4)o3)[nH]2)cc1. The molecule has 0 atom stereocenters. The summed E-state index contributed by atoms with van der Waals surface area (Å²) in [5.74, 6) is 1.28. The molecule has 0 aliphatic carbocycles. The molecule has 0 aliphatic heterocycles. The summed E-state index contributed by atoms with van der Waals surface area (Å²) in [6.45, 7) is 0. The number of hydrogen-bond donors (Lipinski definition) is 1. The second-order valence-electron chi connectivity index (χ2n) is 5.26. The third-order valence-corrected chi connectivity index (χ3v) is 4.40. The molecule has 0 saturated carbocycles. The number of nitrogens with zero attached hydrogens (tertiary/aromatic N) is 3. The number of thioether (sulfide) groups is 1. The number of H-pyrrole nitrogens is 1. The fraction of sp³-hybridized carbons (Fsp3) is 0.0556. The number of benzene rings is 2. The summed E-state index contributed by atoms with van der Waals surface area (Å²) in [4.78, 5) is 7.52. The average Bonchev–Trinajstić information content (AvgIpc) is 3.31. The number of rotatable bonds is 5. The van der Waals surface area contributed by atoms with Gasteiger partial charge in [-0.15, -0.1) is 10.2 Å². The first-order chi connectivity index (χ1) is 12.3. The van der Waals surface area contributed by atoms with E-state index in [0.717, 1.165) is 22.0 Å². The second-order valence-corrected chi connectivity index (χ2v) is 6.23. The molecule has 0 spiro atoms. The minimum absolute atomic E-state index is 0.261. The van der Waals surface area contributed by atoms with Crippen LogP contribution in [0.25, 0.3) is 22.7 Å². The number of halogens is 1. The van der Waals surface area contributed by atoms with Crippen molar-refractivity contribution < 1.29 is 8.81 Å². The largest absolute Gasteiger partial charge is 0.420 e. The van der Waals surface area contributed by atoms with Crippen LogP contribution in [0.2, 0.25) is 0 Å². The lowest BCUT2D eigenvalue weighted by Crippen LogP contribution is -1.82. The lowest BCUT2D eigenvalue weighted by molar-refractivity contribution is 0.528. The molecule has 2 aromatic carbocycles. The van der Waals surface area contributed by atoms with Gasteiger partial charge in [0.25, 0.3) is 0 Å². The Morgan fingerprint density at radius 1 is 0.960 bits per heavy atom. The lowest BCUT2D eigenvalue weighted by Gasteiger charge is -1.97. The van der Waals surface area contributed by atoms with Crippen LogP contribution in [-0.4, -0.2) is 20.2 Å². The summed E-state index contributed by atoms with van der Waals surface area (Å²) < 4.78 is 18.7. The van der Waals surface area contributed by atoms with Gasteiger partial charge in [0.2, 0.25) is 11.8 Å². The van der Waals surface area contributed by atoms with Gasteiger partial charge in [0.05, 0.1) is 17.6 Å². The fourth-order valence-corrected chi connectivity index (χ4v) is 2.98. The fourth-order valence-electron chi connectivity index (χ4n) is 2.29. The molecule has 0 saturated heterocycles. The van der Waals surface area contributed by atoms with Gasteiger partial charge >= 0.3 is 0 Å². The van der Waals surface area contributed by atoms with Crippen molar-refractivity contribution >= 4 is 11.8 Å². The molecule has 1 N–H and O–H groups in total. The molecule has 4 rings (SSSR count). The van der Waals surface area contributed by atoms with Crippen molar-refractivity contribution in [3.05, 3.63) is 72.5 Å². The monoisotopic (exact) mass is 352 g/mol. The van der Waals surface area contributed by atoms with Gasteiger partial charge in [-0.3, -0.25) is 0 Å². The quantitative estimate of drug-likeness (QED) is 0.533. The summed E-state index contributed by atoms with van der Waals surface area (Å²) in [7, 11) is 0. The topological polar surface area (TPSA) is 67.6 Å². The Morgan fingerprint density at radius 2 is 1.76 bits per heavy atom. The van der Waals surface area contributed by atoms with E-state index < -0.39 is 0 Å². The zero-order valence-electron chi connectivity index (χ0n) is 13.0. The first-order valence-corrected chi connectivity index (χ1v) is 8.58. The van der Waals surface area contributed by atoms with Gasteiger partial charge in [-0.2, -0.15) is 0 Å². The third kappa shape index (κ3) is 3.61. The van der Waals surface area contributed by atoms with Crippen LogP contribution < -0.4 is 0 Å². The summed E-state index contributed by atoms with van der Waals surface area (Å²) in [6, 6.07) is 15.9. The smallest absolute Gasteiger partial charge is 0.247 e. The maximum atomic E-state index is 13.0. The highest BCUT2D eigenvalue weighted by molar-refractivity contribution is 7.98. The third-order valence-electron chi connectivity index (χ3n) is 3.53. The van der Waals surface area contributed by atoms with Crippen molar-refractivity contribution in [2.45, 2.75) is 10.9 Å². The van der Waals surface area contributed by atoms with Crippen LogP contribution in [-0.2, 0) is 5.75 Å². The minimum Gasteiger partial charge on any atom is -0.420 e. The highest BCUT2D eigenvalue weighted by Crippen LogP contribution is 2.25. The Kier molecular flexibility index (Phi) is 4.30. The molecule has 0 unspecified atom stereocenters. The highest BCUT2D eigenvalue weighted by atomic mass is 32.2. The van der Waals surface area contributed by atoms with Crippen molar-refractivity contribution in [2.75, 3.05) is 0 Å². The molecule has 7 heteroatoms. The van der Waals surface area contributed by atoms with Crippen molar-refractivity contribution in [3.8, 4) is 22.7 Å². The Bertz CT molecular complexity index is 966. The maximum absolute atomic E-state index is 13.0. The Balaban J connectivity index is 1.42. The van der Waals surface area contributed by atoms with E-state index in [-0.39, 0.29) is 5.82 Å². The summed E-state index contributed by atoms with van der Waals surface area (Å²) in [5, 5.41) is 8.86. The van der Waals surface area contributed by atoms with Gasteiger partial charge in [0.1, 0.15) is 5.82 Å². The van der Waals surface area contributed by atoms with E-state index in [9.17, 15) is 4.39 Å². The van der Waals surface area contributed by atoms with Crippen LogP contribution in [0.4, 0.5) is 4.39 Å². The van der Waals surface area contributed by atoms with Gasteiger partial charge in [0, 0.05) is 5.56 Å². The molecule has 0 radical (unpaired) electrons. The van der Waals surface area contributed by atoms with Gasteiger partial charge in [-0.1, -0.05) is 30.0 Å². The lowest BCUT2D eigenvalue weighted by atomic mass is 10.2. The van der Waals surface area contributed by atoms with Gasteiger partial charge in [-0.05, 0) is 42.0 Å². The molecular weight excluding hydrogens is 339 g/mol. The van der Waals surface area contributed by atoms with E-state index >= 15 is 0 Å². The summed E-state index contributed by atoms with van der Waals surface area (Å²) in [5.41, 5.74) is 2.60. The predicted molar refractivity (Wildman–Crippen MR) is 93.3 cm³/mol. The average molecular weight is 352 g/mol. The number of nitrogens with one attached hydrogen (secondary N) is 1. The van der Waals surface area contributed by atoms with Crippen molar-refractivity contribution in [1.29, 1.82) is 0 Å². The van der Waals surface area contributed by atoms with Gasteiger partial charge in [-0.25, -0.2) is 9.37 Å². The van der Waals surface area contributed by atoms with E-state index in [1.54, 1.807) is 18.3 Å². The molecule has 124 valence electrons. The van der Waals surface area contributed by atoms with E-state index in [2.05, 4.69) is 20.2 Å². The van der Waals surface area contributed by atoms with E-state index in [4.69, 9.17) is 4.42 Å². The molecule has 5 nitrogen and oxygen atoms in total. The van der Waals surface area contributed by atoms with E-state index in [0.29, 0.717) is 17.5 Å². The van der Waals surface area contributed by atoms with Gasteiger partial charge in [0.15, 0.2) is 5.16 Å². The zero-order chi connectivity index (χ0) is 17.1. The van der Waals surface area contributed by atoms with Crippen molar-refractivity contribution in [1.82, 2.24) is 20.2 Å². The molecule has 4 aromatic rings. The molecule has 0 bridgehead atoms. The highest BCUT2D eigenvalue weighted by Gasteiger charge is 2.10. The Morgan fingerprint density at radius 3 is 2.56 bits per heavy atom. The van der Waals surface area contributed by atoms with Gasteiger partial charge < -0.3 is 9.40 Å². The molecule has 2 aromatic heterocycles. The zero-order valence-corrected chi connectivity index (χ0v) is 13.8. The first kappa shape index (κ1) is 15.6. The Labute approximate surface area is 147 Å². The maximum Gasteiger partial charge on any atom is 0.247 e. The second kappa shape index (κ2) is 6.90. The number of imidazole rings is 1. The van der Waals surface area contributed by atoms with E-state index in [1.165, 1.54) is 23.9 Å². The molecule has 0 fully saturated rings.